The molecule has 1 aliphatic rings. The number of hydrogen-bond acceptors (Lipinski definition) is 3. The molecule has 1 N–H and O–H groups in total. The molecule has 23 heavy (non-hydrogen) atoms. The Balaban J connectivity index is 2.00. The molecular formula is C19H26N2O2. The Bertz CT molecular complexity index is 751. The van der Waals surface area contributed by atoms with E-state index in [1.807, 2.05) is 32.0 Å². The average Bonchev–Trinajstić information content (AvgIpc) is 2.54. The Kier molecular flexibility index (Phi) is 4.71. The van der Waals surface area contributed by atoms with E-state index in [1.54, 1.807) is 0 Å². The summed E-state index contributed by atoms with van der Waals surface area (Å²) in [5.41, 5.74) is 2.88. The Hall–Kier alpha value is -1.81. The van der Waals surface area contributed by atoms with E-state index < -0.39 is 0 Å². The summed E-state index contributed by atoms with van der Waals surface area (Å²) in [7, 11) is 0. The van der Waals surface area contributed by atoms with Gasteiger partial charge in [-0.15, -0.1) is 0 Å². The van der Waals surface area contributed by atoms with Crippen LogP contribution in [0.4, 0.5) is 0 Å². The number of aromatic nitrogens is 1. The highest BCUT2D eigenvalue weighted by Gasteiger charge is 2.21. The topological polar surface area (TPSA) is 45.3 Å². The van der Waals surface area contributed by atoms with Gasteiger partial charge in [0.2, 0.25) is 0 Å². The fourth-order valence-electron chi connectivity index (χ4n) is 3.47. The standard InChI is InChI=1S/C19H26N2O2/c1-4-23-15-8-9-18-16(11-15)19(22)17(14(3)20-18)12-21-10-6-5-7-13(21)2/h8-9,11,13H,4-7,10,12H2,1-3H3,(H,20,22). The van der Waals surface area contributed by atoms with Crippen molar-refractivity contribution in [2.75, 3.05) is 13.2 Å². The maximum atomic E-state index is 13.0. The van der Waals surface area contributed by atoms with Gasteiger partial charge in [-0.05, 0) is 58.4 Å². The first-order valence-corrected chi connectivity index (χ1v) is 8.62. The smallest absolute Gasteiger partial charge is 0.194 e. The number of rotatable bonds is 4. The molecule has 0 spiro atoms. The Morgan fingerprint density at radius 2 is 2.17 bits per heavy atom. The number of likely N-dealkylation sites (tertiary alicyclic amines) is 1. The minimum Gasteiger partial charge on any atom is -0.494 e. The van der Waals surface area contributed by atoms with Crippen molar-refractivity contribution in [2.45, 2.75) is 52.6 Å². The molecule has 1 aromatic carbocycles. The third-order valence-electron chi connectivity index (χ3n) is 4.90. The van der Waals surface area contributed by atoms with Crippen LogP contribution in [0.3, 0.4) is 0 Å². The molecule has 1 unspecified atom stereocenters. The van der Waals surface area contributed by atoms with Crippen LogP contribution >= 0.6 is 0 Å². The van der Waals surface area contributed by atoms with Gasteiger partial charge < -0.3 is 9.72 Å². The molecule has 1 aromatic heterocycles. The first-order valence-electron chi connectivity index (χ1n) is 8.62. The number of ether oxygens (including phenoxy) is 1. The number of pyridine rings is 1. The highest BCUT2D eigenvalue weighted by atomic mass is 16.5. The summed E-state index contributed by atoms with van der Waals surface area (Å²) in [6.07, 6.45) is 3.74. The van der Waals surface area contributed by atoms with Gasteiger partial charge in [-0.2, -0.15) is 0 Å². The summed E-state index contributed by atoms with van der Waals surface area (Å²) < 4.78 is 5.54. The van der Waals surface area contributed by atoms with E-state index in [9.17, 15) is 4.79 Å². The van der Waals surface area contributed by atoms with Crippen molar-refractivity contribution in [1.29, 1.82) is 0 Å². The zero-order valence-corrected chi connectivity index (χ0v) is 14.3. The van der Waals surface area contributed by atoms with E-state index in [0.717, 1.165) is 41.0 Å². The van der Waals surface area contributed by atoms with Gasteiger partial charge >= 0.3 is 0 Å². The van der Waals surface area contributed by atoms with Gasteiger partial charge in [0.25, 0.3) is 0 Å². The summed E-state index contributed by atoms with van der Waals surface area (Å²) in [4.78, 5) is 18.8. The number of aryl methyl sites for hydroxylation is 1. The van der Waals surface area contributed by atoms with Crippen molar-refractivity contribution in [2.24, 2.45) is 0 Å². The van der Waals surface area contributed by atoms with Crippen LogP contribution in [-0.2, 0) is 6.54 Å². The Labute approximate surface area is 137 Å². The number of aromatic amines is 1. The van der Waals surface area contributed by atoms with Crippen molar-refractivity contribution < 1.29 is 4.74 Å². The monoisotopic (exact) mass is 314 g/mol. The molecule has 1 atom stereocenters. The summed E-state index contributed by atoms with van der Waals surface area (Å²) in [6, 6.07) is 6.25. The number of H-pyrrole nitrogens is 1. The zero-order valence-electron chi connectivity index (χ0n) is 14.3. The van der Waals surface area contributed by atoms with E-state index in [1.165, 1.54) is 19.3 Å². The lowest BCUT2D eigenvalue weighted by Crippen LogP contribution is -2.38. The summed E-state index contributed by atoms with van der Waals surface area (Å²) in [6.45, 7) is 8.63. The molecule has 0 bridgehead atoms. The van der Waals surface area contributed by atoms with Gasteiger partial charge in [-0.25, -0.2) is 0 Å². The van der Waals surface area contributed by atoms with Gasteiger partial charge in [0.05, 0.1) is 6.61 Å². The number of nitrogens with one attached hydrogen (secondary N) is 1. The van der Waals surface area contributed by atoms with Crippen molar-refractivity contribution in [3.05, 3.63) is 39.7 Å². The van der Waals surface area contributed by atoms with Crippen LogP contribution in [0.25, 0.3) is 10.9 Å². The molecule has 1 aliphatic heterocycles. The van der Waals surface area contributed by atoms with Crippen LogP contribution in [0.5, 0.6) is 5.75 Å². The summed E-state index contributed by atoms with van der Waals surface area (Å²) >= 11 is 0. The molecule has 0 saturated carbocycles. The van der Waals surface area contributed by atoms with Gasteiger partial charge in [-0.3, -0.25) is 9.69 Å². The van der Waals surface area contributed by atoms with Crippen molar-refractivity contribution in [3.8, 4) is 5.75 Å². The van der Waals surface area contributed by atoms with Crippen LogP contribution in [-0.4, -0.2) is 29.1 Å². The lowest BCUT2D eigenvalue weighted by atomic mass is 10.0. The number of nitrogens with zero attached hydrogens (tertiary/aromatic N) is 1. The quantitative estimate of drug-likeness (QED) is 0.937. The molecule has 0 amide bonds. The molecule has 1 saturated heterocycles. The highest BCUT2D eigenvalue weighted by molar-refractivity contribution is 5.81. The summed E-state index contributed by atoms with van der Waals surface area (Å²) in [5.74, 6) is 0.756. The van der Waals surface area contributed by atoms with Gasteiger partial charge in [-0.1, -0.05) is 6.42 Å². The largest absolute Gasteiger partial charge is 0.494 e. The predicted octanol–water partition coefficient (Wildman–Crippen LogP) is 3.61. The van der Waals surface area contributed by atoms with Gasteiger partial charge in [0, 0.05) is 34.7 Å². The second kappa shape index (κ2) is 6.75. The van der Waals surface area contributed by atoms with Crippen LogP contribution in [0, 0.1) is 6.92 Å². The number of benzene rings is 1. The molecule has 3 rings (SSSR count). The second-order valence-electron chi connectivity index (χ2n) is 6.51. The first-order chi connectivity index (χ1) is 11.1. The van der Waals surface area contributed by atoms with E-state index in [2.05, 4.69) is 16.8 Å². The molecule has 4 nitrogen and oxygen atoms in total. The maximum Gasteiger partial charge on any atom is 0.194 e. The zero-order chi connectivity index (χ0) is 16.4. The lowest BCUT2D eigenvalue weighted by molar-refractivity contribution is 0.152. The van der Waals surface area contributed by atoms with Crippen LogP contribution in [0.2, 0.25) is 0 Å². The van der Waals surface area contributed by atoms with Gasteiger partial charge in [0.15, 0.2) is 5.43 Å². The summed E-state index contributed by atoms with van der Waals surface area (Å²) in [5, 5.41) is 0.723. The average molecular weight is 314 g/mol. The molecule has 2 aromatic rings. The maximum absolute atomic E-state index is 13.0. The van der Waals surface area contributed by atoms with Crippen LogP contribution < -0.4 is 10.2 Å². The van der Waals surface area contributed by atoms with E-state index in [-0.39, 0.29) is 5.43 Å². The minimum atomic E-state index is 0.135. The third-order valence-corrected chi connectivity index (χ3v) is 4.90. The molecule has 2 heterocycles. The van der Waals surface area contributed by atoms with Crippen molar-refractivity contribution in [1.82, 2.24) is 9.88 Å². The van der Waals surface area contributed by atoms with Crippen LogP contribution in [0.1, 0.15) is 44.4 Å². The third kappa shape index (κ3) is 3.27. The molecule has 0 aliphatic carbocycles. The van der Waals surface area contributed by atoms with Gasteiger partial charge in [0.1, 0.15) is 5.75 Å². The minimum absolute atomic E-state index is 0.135. The molecule has 0 radical (unpaired) electrons. The lowest BCUT2D eigenvalue weighted by Gasteiger charge is -2.33. The van der Waals surface area contributed by atoms with Crippen LogP contribution in [0.15, 0.2) is 23.0 Å². The van der Waals surface area contributed by atoms with E-state index in [4.69, 9.17) is 4.74 Å². The first kappa shape index (κ1) is 16.1. The molecule has 1 fully saturated rings. The highest BCUT2D eigenvalue weighted by Crippen LogP contribution is 2.22. The number of hydrogen-bond donors (Lipinski definition) is 1. The van der Waals surface area contributed by atoms with E-state index in [0.29, 0.717) is 12.6 Å². The fraction of sp³-hybridized carbons (Fsp3) is 0.526. The van der Waals surface area contributed by atoms with Crippen molar-refractivity contribution >= 4 is 10.9 Å². The number of piperidine rings is 1. The van der Waals surface area contributed by atoms with E-state index >= 15 is 0 Å². The Morgan fingerprint density at radius 1 is 1.35 bits per heavy atom. The normalized spacial score (nSPS) is 19.2. The number of fused-ring (bicyclic) bond motifs is 1. The molecule has 124 valence electrons. The molecule has 4 heteroatoms. The second-order valence-corrected chi connectivity index (χ2v) is 6.51. The molecular weight excluding hydrogens is 288 g/mol. The Morgan fingerprint density at radius 3 is 2.91 bits per heavy atom. The SMILES string of the molecule is CCOc1ccc2[nH]c(C)c(CN3CCCCC3C)c(=O)c2c1. The fourth-order valence-corrected chi connectivity index (χ4v) is 3.47. The van der Waals surface area contributed by atoms with Crippen molar-refractivity contribution in [3.63, 3.8) is 0 Å². The predicted molar refractivity (Wildman–Crippen MR) is 94.2 cm³/mol.